The van der Waals surface area contributed by atoms with Crippen LogP contribution in [0.1, 0.15) is 12.7 Å². The van der Waals surface area contributed by atoms with Gasteiger partial charge in [-0.05, 0) is 6.92 Å². The van der Waals surface area contributed by atoms with Gasteiger partial charge in [-0.2, -0.15) is 5.10 Å². The molecule has 1 saturated heterocycles. The minimum absolute atomic E-state index is 0.275. The molecular formula is C10H17BrN4O. The number of nitrogens with zero attached hydrogens (tertiary/aromatic N) is 4. The second-order valence-electron chi connectivity index (χ2n) is 4.22. The van der Waals surface area contributed by atoms with Crippen LogP contribution in [-0.2, 0) is 18.3 Å². The molecule has 16 heavy (non-hydrogen) atoms. The van der Waals surface area contributed by atoms with E-state index in [0.717, 1.165) is 30.8 Å². The third-order valence-electron chi connectivity index (χ3n) is 2.74. The Morgan fingerprint density at radius 1 is 1.56 bits per heavy atom. The van der Waals surface area contributed by atoms with Gasteiger partial charge in [-0.1, -0.05) is 15.9 Å². The molecule has 2 rings (SSSR count). The topological polar surface area (TPSA) is 43.2 Å². The van der Waals surface area contributed by atoms with Gasteiger partial charge < -0.3 is 4.74 Å². The molecule has 0 N–H and O–H groups in total. The quantitative estimate of drug-likeness (QED) is 0.772. The van der Waals surface area contributed by atoms with Crippen molar-refractivity contribution < 1.29 is 4.74 Å². The summed E-state index contributed by atoms with van der Waals surface area (Å²) in [6.07, 6.45) is 2.16. The second kappa shape index (κ2) is 5.25. The number of rotatable bonds is 3. The highest BCUT2D eigenvalue weighted by molar-refractivity contribution is 9.09. The number of aromatic nitrogens is 3. The van der Waals surface area contributed by atoms with Crippen molar-refractivity contribution in [3.8, 4) is 0 Å². The van der Waals surface area contributed by atoms with Crippen LogP contribution in [0.4, 0.5) is 0 Å². The molecule has 1 aliphatic heterocycles. The Labute approximate surface area is 104 Å². The van der Waals surface area contributed by atoms with Crippen molar-refractivity contribution in [1.82, 2.24) is 19.7 Å². The average Bonchev–Trinajstić information content (AvgIpc) is 2.63. The van der Waals surface area contributed by atoms with E-state index in [1.165, 1.54) is 0 Å². The predicted octanol–water partition coefficient (Wildman–Crippen LogP) is 0.799. The summed E-state index contributed by atoms with van der Waals surface area (Å²) in [5, 5.41) is 4.96. The molecule has 90 valence electrons. The Morgan fingerprint density at radius 3 is 3.00 bits per heavy atom. The molecule has 0 amide bonds. The van der Waals surface area contributed by atoms with E-state index in [9.17, 15) is 0 Å². The van der Waals surface area contributed by atoms with Gasteiger partial charge in [0, 0.05) is 25.5 Å². The zero-order valence-corrected chi connectivity index (χ0v) is 11.2. The Kier molecular flexibility index (Phi) is 3.94. The van der Waals surface area contributed by atoms with Crippen LogP contribution in [0, 0.1) is 0 Å². The number of morpholine rings is 1. The number of halogens is 1. The molecule has 1 aromatic rings. The van der Waals surface area contributed by atoms with Crippen molar-refractivity contribution in [2.45, 2.75) is 25.7 Å². The highest BCUT2D eigenvalue weighted by Crippen LogP contribution is 2.14. The third kappa shape index (κ3) is 2.81. The second-order valence-corrected chi connectivity index (χ2v) is 4.86. The predicted molar refractivity (Wildman–Crippen MR) is 64.4 cm³/mol. The molecular weight excluding hydrogens is 272 g/mol. The lowest BCUT2D eigenvalue weighted by atomic mass is 10.2. The normalized spacial score (nSPS) is 27.2. The van der Waals surface area contributed by atoms with Crippen LogP contribution in [0.3, 0.4) is 0 Å². The van der Waals surface area contributed by atoms with E-state index in [-0.39, 0.29) is 12.2 Å². The number of hydrogen-bond donors (Lipinski definition) is 0. The minimum Gasteiger partial charge on any atom is -0.372 e. The fourth-order valence-corrected chi connectivity index (χ4v) is 2.38. The number of hydrogen-bond acceptors (Lipinski definition) is 4. The maximum Gasteiger partial charge on any atom is 0.140 e. The van der Waals surface area contributed by atoms with Crippen LogP contribution in [0.15, 0.2) is 6.33 Å². The molecule has 2 unspecified atom stereocenters. The molecule has 1 aliphatic rings. The van der Waals surface area contributed by atoms with Crippen LogP contribution in [0.2, 0.25) is 0 Å². The van der Waals surface area contributed by atoms with Gasteiger partial charge in [0.15, 0.2) is 0 Å². The van der Waals surface area contributed by atoms with Crippen molar-refractivity contribution in [1.29, 1.82) is 0 Å². The summed E-state index contributed by atoms with van der Waals surface area (Å²) in [5.41, 5.74) is 0. The summed E-state index contributed by atoms with van der Waals surface area (Å²) in [5.74, 6) is 1.00. The average molecular weight is 289 g/mol. The Balaban J connectivity index is 1.96. The lowest BCUT2D eigenvalue weighted by molar-refractivity contribution is -0.0686. The molecule has 0 radical (unpaired) electrons. The van der Waals surface area contributed by atoms with E-state index in [0.29, 0.717) is 0 Å². The molecule has 0 saturated carbocycles. The molecule has 0 aromatic carbocycles. The SMILES string of the molecule is CC1CN(Cc2ncnn2C)CC(CBr)O1. The van der Waals surface area contributed by atoms with E-state index < -0.39 is 0 Å². The largest absolute Gasteiger partial charge is 0.372 e. The standard InChI is InChI=1S/C10H17BrN4O/c1-8-4-15(5-9(3-11)16-8)6-10-12-7-13-14(10)2/h7-9H,3-6H2,1-2H3. The molecule has 6 heteroatoms. The molecule has 1 fully saturated rings. The van der Waals surface area contributed by atoms with Crippen molar-refractivity contribution in [2.75, 3.05) is 18.4 Å². The first-order chi connectivity index (χ1) is 7.69. The van der Waals surface area contributed by atoms with Crippen LogP contribution >= 0.6 is 15.9 Å². The van der Waals surface area contributed by atoms with Crippen molar-refractivity contribution in [3.05, 3.63) is 12.2 Å². The molecule has 5 nitrogen and oxygen atoms in total. The van der Waals surface area contributed by atoms with Crippen molar-refractivity contribution >= 4 is 15.9 Å². The molecule has 0 bridgehead atoms. The van der Waals surface area contributed by atoms with E-state index in [1.807, 2.05) is 11.7 Å². The van der Waals surface area contributed by atoms with Gasteiger partial charge >= 0.3 is 0 Å². The van der Waals surface area contributed by atoms with E-state index in [1.54, 1.807) is 6.33 Å². The highest BCUT2D eigenvalue weighted by atomic mass is 79.9. The maximum atomic E-state index is 5.78. The first kappa shape index (κ1) is 12.0. The zero-order chi connectivity index (χ0) is 11.5. The summed E-state index contributed by atoms with van der Waals surface area (Å²) < 4.78 is 7.61. The highest BCUT2D eigenvalue weighted by Gasteiger charge is 2.25. The summed E-state index contributed by atoms with van der Waals surface area (Å²) in [6.45, 7) is 4.85. The molecule has 2 heterocycles. The Bertz CT molecular complexity index is 343. The molecule has 2 atom stereocenters. The number of ether oxygens (including phenoxy) is 1. The lowest BCUT2D eigenvalue weighted by Crippen LogP contribution is -2.47. The number of alkyl halides is 1. The minimum atomic E-state index is 0.275. The fourth-order valence-electron chi connectivity index (χ4n) is 2.02. The fraction of sp³-hybridized carbons (Fsp3) is 0.800. The smallest absolute Gasteiger partial charge is 0.140 e. The summed E-state index contributed by atoms with van der Waals surface area (Å²) in [4.78, 5) is 6.61. The van der Waals surface area contributed by atoms with Crippen LogP contribution in [0.5, 0.6) is 0 Å². The van der Waals surface area contributed by atoms with Crippen LogP contribution in [0.25, 0.3) is 0 Å². The zero-order valence-electron chi connectivity index (χ0n) is 9.64. The van der Waals surface area contributed by atoms with E-state index >= 15 is 0 Å². The van der Waals surface area contributed by atoms with Crippen molar-refractivity contribution in [3.63, 3.8) is 0 Å². The summed E-state index contributed by atoms with van der Waals surface area (Å²) in [6, 6.07) is 0. The van der Waals surface area contributed by atoms with Gasteiger partial charge in [-0.3, -0.25) is 9.58 Å². The van der Waals surface area contributed by atoms with Gasteiger partial charge in [-0.15, -0.1) is 0 Å². The molecule has 0 aliphatic carbocycles. The van der Waals surface area contributed by atoms with Crippen LogP contribution in [-0.4, -0.2) is 50.3 Å². The summed E-state index contributed by atoms with van der Waals surface area (Å²) in [7, 11) is 1.92. The maximum absolute atomic E-state index is 5.78. The van der Waals surface area contributed by atoms with E-state index in [2.05, 4.69) is 37.8 Å². The van der Waals surface area contributed by atoms with Gasteiger partial charge in [0.25, 0.3) is 0 Å². The van der Waals surface area contributed by atoms with E-state index in [4.69, 9.17) is 4.74 Å². The summed E-state index contributed by atoms with van der Waals surface area (Å²) >= 11 is 3.47. The Hall–Kier alpha value is -0.460. The first-order valence-corrected chi connectivity index (χ1v) is 6.58. The first-order valence-electron chi connectivity index (χ1n) is 5.45. The van der Waals surface area contributed by atoms with Gasteiger partial charge in [0.05, 0.1) is 18.8 Å². The molecule has 0 spiro atoms. The van der Waals surface area contributed by atoms with Gasteiger partial charge in [0.1, 0.15) is 12.2 Å². The molecule has 1 aromatic heterocycles. The lowest BCUT2D eigenvalue weighted by Gasteiger charge is -2.35. The third-order valence-corrected chi connectivity index (χ3v) is 3.47. The Morgan fingerprint density at radius 2 is 2.38 bits per heavy atom. The van der Waals surface area contributed by atoms with Gasteiger partial charge in [0.2, 0.25) is 0 Å². The monoisotopic (exact) mass is 288 g/mol. The van der Waals surface area contributed by atoms with Crippen molar-refractivity contribution in [2.24, 2.45) is 7.05 Å². The van der Waals surface area contributed by atoms with Gasteiger partial charge in [-0.25, -0.2) is 4.98 Å². The van der Waals surface area contributed by atoms with Crippen LogP contribution < -0.4 is 0 Å². The number of aryl methyl sites for hydroxylation is 1.